The monoisotopic (exact) mass is 153 g/mol. The van der Waals surface area contributed by atoms with E-state index < -0.39 is 0 Å². The zero-order chi connectivity index (χ0) is 7.40. The van der Waals surface area contributed by atoms with Crippen molar-refractivity contribution in [3.8, 4) is 0 Å². The average Bonchev–Trinajstić information content (AvgIpc) is 1.88. The molecule has 2 heteroatoms. The van der Waals surface area contributed by atoms with Crippen molar-refractivity contribution in [2.75, 3.05) is 0 Å². The summed E-state index contributed by atoms with van der Waals surface area (Å²) in [7, 11) is 0. The molecule has 0 fully saturated rings. The van der Waals surface area contributed by atoms with E-state index >= 15 is 0 Å². The first kappa shape index (κ1) is 7.63. The van der Waals surface area contributed by atoms with Gasteiger partial charge in [0.15, 0.2) is 0 Å². The molecule has 0 heterocycles. The highest BCUT2D eigenvalue weighted by molar-refractivity contribution is 7.99. The zero-order valence-electron chi connectivity index (χ0n) is 5.95. The third-order valence-corrected chi connectivity index (χ3v) is 1.98. The molecule has 54 valence electrons. The van der Waals surface area contributed by atoms with Crippen molar-refractivity contribution in [2.45, 2.75) is 17.2 Å². The summed E-state index contributed by atoms with van der Waals surface area (Å²) in [6.45, 7) is 1.98. The molecule has 0 saturated heterocycles. The Balaban J connectivity index is 2.59. The fourth-order valence-electron chi connectivity index (χ4n) is 0.714. The number of benzene rings is 1. The standard InChI is InChI=1S/C8H11NS/c1-7(9)10-8-5-3-2-4-6-8/h2-7H,9H2,1H3. The van der Waals surface area contributed by atoms with Crippen LogP contribution in [0.15, 0.2) is 35.2 Å². The number of thioether (sulfide) groups is 1. The third-order valence-electron chi connectivity index (χ3n) is 1.07. The first-order valence-electron chi connectivity index (χ1n) is 3.26. The first-order valence-corrected chi connectivity index (χ1v) is 4.14. The van der Waals surface area contributed by atoms with Crippen LogP contribution >= 0.6 is 11.8 Å². The molecule has 1 rings (SSSR count). The largest absolute Gasteiger partial charge is 0.319 e. The summed E-state index contributed by atoms with van der Waals surface area (Å²) < 4.78 is 0. The van der Waals surface area contributed by atoms with E-state index in [-0.39, 0.29) is 5.37 Å². The first-order chi connectivity index (χ1) is 4.79. The lowest BCUT2D eigenvalue weighted by molar-refractivity contribution is 1.04. The molecule has 1 nitrogen and oxygen atoms in total. The fraction of sp³-hybridized carbons (Fsp3) is 0.250. The van der Waals surface area contributed by atoms with Gasteiger partial charge >= 0.3 is 0 Å². The molecule has 0 aliphatic heterocycles. The molecule has 0 aliphatic carbocycles. The van der Waals surface area contributed by atoms with Gasteiger partial charge in [-0.3, -0.25) is 0 Å². The second kappa shape index (κ2) is 3.64. The van der Waals surface area contributed by atoms with E-state index in [2.05, 4.69) is 12.1 Å². The summed E-state index contributed by atoms with van der Waals surface area (Å²) in [6.07, 6.45) is 0. The van der Waals surface area contributed by atoms with Gasteiger partial charge in [0.05, 0.1) is 5.37 Å². The average molecular weight is 153 g/mol. The Kier molecular flexibility index (Phi) is 2.78. The smallest absolute Gasteiger partial charge is 0.0525 e. The minimum Gasteiger partial charge on any atom is -0.319 e. The van der Waals surface area contributed by atoms with Crippen molar-refractivity contribution in [3.05, 3.63) is 30.3 Å². The lowest BCUT2D eigenvalue weighted by Crippen LogP contribution is -2.08. The third kappa shape index (κ3) is 2.42. The number of hydrogen-bond acceptors (Lipinski definition) is 2. The van der Waals surface area contributed by atoms with Gasteiger partial charge in [-0.25, -0.2) is 0 Å². The van der Waals surface area contributed by atoms with E-state index in [1.807, 2.05) is 25.1 Å². The normalized spacial score (nSPS) is 13.0. The topological polar surface area (TPSA) is 26.0 Å². The van der Waals surface area contributed by atoms with Gasteiger partial charge in [0, 0.05) is 4.90 Å². The Labute approximate surface area is 65.6 Å². The van der Waals surface area contributed by atoms with Gasteiger partial charge in [-0.2, -0.15) is 0 Å². The van der Waals surface area contributed by atoms with E-state index in [1.165, 1.54) is 4.90 Å². The van der Waals surface area contributed by atoms with Gasteiger partial charge in [-0.1, -0.05) is 18.2 Å². The highest BCUT2D eigenvalue weighted by atomic mass is 32.2. The van der Waals surface area contributed by atoms with E-state index in [0.717, 1.165) is 0 Å². The maximum Gasteiger partial charge on any atom is 0.0525 e. The van der Waals surface area contributed by atoms with Gasteiger partial charge in [-0.15, -0.1) is 11.8 Å². The van der Waals surface area contributed by atoms with Crippen LogP contribution in [0.3, 0.4) is 0 Å². The minimum atomic E-state index is 0.183. The van der Waals surface area contributed by atoms with Crippen LogP contribution in [0.1, 0.15) is 6.92 Å². The molecule has 0 aromatic heterocycles. The number of nitrogens with two attached hydrogens (primary N) is 1. The van der Waals surface area contributed by atoms with Crippen LogP contribution in [-0.4, -0.2) is 5.37 Å². The molecule has 2 N–H and O–H groups in total. The molecule has 0 amide bonds. The summed E-state index contributed by atoms with van der Waals surface area (Å²) in [5, 5.41) is 0.183. The van der Waals surface area contributed by atoms with E-state index in [9.17, 15) is 0 Å². The molecule has 1 aromatic rings. The van der Waals surface area contributed by atoms with Gasteiger partial charge in [-0.05, 0) is 19.1 Å². The molecule has 1 aromatic carbocycles. The highest BCUT2D eigenvalue weighted by Crippen LogP contribution is 2.18. The Morgan fingerprint density at radius 1 is 1.30 bits per heavy atom. The predicted molar refractivity (Wildman–Crippen MR) is 45.9 cm³/mol. The van der Waals surface area contributed by atoms with Crippen molar-refractivity contribution in [1.82, 2.24) is 0 Å². The molecule has 1 unspecified atom stereocenters. The van der Waals surface area contributed by atoms with Crippen LogP contribution in [0, 0.1) is 0 Å². The van der Waals surface area contributed by atoms with Crippen LogP contribution in [0.25, 0.3) is 0 Å². The van der Waals surface area contributed by atoms with Crippen molar-refractivity contribution in [2.24, 2.45) is 5.73 Å². The zero-order valence-corrected chi connectivity index (χ0v) is 6.77. The van der Waals surface area contributed by atoms with Crippen LogP contribution in [0.4, 0.5) is 0 Å². The summed E-state index contributed by atoms with van der Waals surface area (Å²) >= 11 is 1.68. The van der Waals surface area contributed by atoms with E-state index in [0.29, 0.717) is 0 Å². The molecule has 10 heavy (non-hydrogen) atoms. The summed E-state index contributed by atoms with van der Waals surface area (Å²) in [5.74, 6) is 0. The quantitative estimate of drug-likeness (QED) is 0.520. The Bertz CT molecular complexity index is 184. The Morgan fingerprint density at radius 2 is 1.90 bits per heavy atom. The van der Waals surface area contributed by atoms with Gasteiger partial charge in [0.2, 0.25) is 0 Å². The van der Waals surface area contributed by atoms with Gasteiger partial charge in [0.25, 0.3) is 0 Å². The summed E-state index contributed by atoms with van der Waals surface area (Å²) in [5.41, 5.74) is 5.59. The van der Waals surface area contributed by atoms with Crippen LogP contribution in [-0.2, 0) is 0 Å². The second-order valence-electron chi connectivity index (χ2n) is 2.14. The molecule has 0 saturated carbocycles. The predicted octanol–water partition coefficient (Wildman–Crippen LogP) is 2.08. The van der Waals surface area contributed by atoms with Gasteiger partial charge < -0.3 is 5.73 Å². The second-order valence-corrected chi connectivity index (χ2v) is 3.59. The lowest BCUT2D eigenvalue weighted by Gasteiger charge is -2.02. The van der Waals surface area contributed by atoms with Crippen LogP contribution in [0.5, 0.6) is 0 Å². The molecule has 0 radical (unpaired) electrons. The molecular formula is C8H11NS. The van der Waals surface area contributed by atoms with E-state index in [1.54, 1.807) is 11.8 Å². The van der Waals surface area contributed by atoms with Crippen LogP contribution in [0.2, 0.25) is 0 Å². The maximum absolute atomic E-state index is 5.59. The molecule has 0 bridgehead atoms. The van der Waals surface area contributed by atoms with Crippen molar-refractivity contribution in [3.63, 3.8) is 0 Å². The van der Waals surface area contributed by atoms with Crippen molar-refractivity contribution in [1.29, 1.82) is 0 Å². The summed E-state index contributed by atoms with van der Waals surface area (Å²) in [4.78, 5) is 1.23. The van der Waals surface area contributed by atoms with E-state index in [4.69, 9.17) is 5.73 Å². The minimum absolute atomic E-state index is 0.183. The molecular weight excluding hydrogens is 142 g/mol. The van der Waals surface area contributed by atoms with Crippen molar-refractivity contribution >= 4 is 11.8 Å². The maximum atomic E-state index is 5.59. The fourth-order valence-corrected chi connectivity index (χ4v) is 1.46. The number of hydrogen-bond donors (Lipinski definition) is 1. The Hall–Kier alpha value is -0.470. The lowest BCUT2D eigenvalue weighted by atomic mass is 10.4. The van der Waals surface area contributed by atoms with Gasteiger partial charge in [0.1, 0.15) is 0 Å². The SMILES string of the molecule is CC(N)Sc1ccccc1. The van der Waals surface area contributed by atoms with Crippen molar-refractivity contribution < 1.29 is 0 Å². The summed E-state index contributed by atoms with van der Waals surface area (Å²) in [6, 6.07) is 10.2. The highest BCUT2D eigenvalue weighted by Gasteiger charge is 1.94. The van der Waals surface area contributed by atoms with Crippen LogP contribution < -0.4 is 5.73 Å². The molecule has 0 aliphatic rings. The number of rotatable bonds is 2. The Morgan fingerprint density at radius 3 is 2.40 bits per heavy atom. The molecule has 0 spiro atoms. The molecule has 1 atom stereocenters.